The Labute approximate surface area is 162 Å². The van der Waals surface area contributed by atoms with Crippen molar-refractivity contribution in [3.8, 4) is 5.75 Å². The van der Waals surface area contributed by atoms with Crippen molar-refractivity contribution in [3.63, 3.8) is 0 Å². The van der Waals surface area contributed by atoms with Gasteiger partial charge in [-0.1, -0.05) is 30.3 Å². The molecular weight excluding hydrogens is 362 g/mol. The fourth-order valence-electron chi connectivity index (χ4n) is 3.36. The van der Waals surface area contributed by atoms with Crippen LogP contribution in [0.2, 0.25) is 0 Å². The minimum atomic E-state index is -1.19. The van der Waals surface area contributed by atoms with Crippen molar-refractivity contribution in [3.05, 3.63) is 64.2 Å². The molecule has 1 aliphatic heterocycles. The number of phenols is 1. The van der Waals surface area contributed by atoms with Gasteiger partial charge in [0.15, 0.2) is 0 Å². The first-order valence-corrected chi connectivity index (χ1v) is 8.92. The predicted molar refractivity (Wildman–Crippen MR) is 100 cm³/mol. The molecule has 2 aromatic carbocycles. The third kappa shape index (κ3) is 3.83. The molecule has 0 spiro atoms. The van der Waals surface area contributed by atoms with E-state index in [1.807, 2.05) is 6.07 Å². The lowest BCUT2D eigenvalue weighted by Crippen LogP contribution is -2.42. The molecule has 1 aliphatic rings. The number of rotatable bonds is 5. The second-order valence-electron chi connectivity index (χ2n) is 6.92. The number of carboxylic acids is 1. The maximum absolute atomic E-state index is 12.7. The van der Waals surface area contributed by atoms with Gasteiger partial charge in [-0.25, -0.2) is 9.59 Å². The molecule has 2 atom stereocenters. The summed E-state index contributed by atoms with van der Waals surface area (Å²) in [5.74, 6) is -3.14. The number of hydrogen-bond acceptors (Lipinski definition) is 5. The first-order valence-electron chi connectivity index (χ1n) is 8.92. The Kier molecular flexibility index (Phi) is 5.35. The van der Waals surface area contributed by atoms with Gasteiger partial charge in [-0.2, -0.15) is 0 Å². The summed E-state index contributed by atoms with van der Waals surface area (Å²) < 4.78 is 5.16. The molecule has 1 amide bonds. The van der Waals surface area contributed by atoms with Crippen LogP contribution in [0.15, 0.2) is 36.4 Å². The van der Waals surface area contributed by atoms with Crippen molar-refractivity contribution in [1.82, 2.24) is 5.32 Å². The topological polar surface area (TPSA) is 113 Å². The Morgan fingerprint density at radius 1 is 1.29 bits per heavy atom. The second-order valence-corrected chi connectivity index (χ2v) is 6.92. The average Bonchev–Trinajstić information content (AvgIpc) is 2.64. The highest BCUT2D eigenvalue weighted by Gasteiger charge is 2.32. The zero-order valence-electron chi connectivity index (χ0n) is 15.6. The predicted octanol–water partition coefficient (Wildman–Crippen LogP) is 2.23. The first-order chi connectivity index (χ1) is 13.3. The van der Waals surface area contributed by atoms with E-state index in [1.54, 1.807) is 38.1 Å². The maximum Gasteiger partial charge on any atom is 0.342 e. The molecule has 146 valence electrons. The number of carbonyl (C=O) groups excluding carboxylic acids is 2. The Morgan fingerprint density at radius 3 is 2.61 bits per heavy atom. The number of benzene rings is 2. The Balaban J connectivity index is 1.89. The summed E-state index contributed by atoms with van der Waals surface area (Å²) in [5.41, 5.74) is 1.87. The highest BCUT2D eigenvalue weighted by atomic mass is 16.5. The second kappa shape index (κ2) is 7.72. The summed E-state index contributed by atoms with van der Waals surface area (Å²) in [4.78, 5) is 36.5. The SMILES string of the molecule is Cc1cc(C(=O)NC(Cc2ccccc2)C(=O)O)c(O)c2c1CC(C)OC2=O. The van der Waals surface area contributed by atoms with Crippen molar-refractivity contribution < 1.29 is 29.3 Å². The molecule has 1 heterocycles. The standard InChI is InChI=1S/C21H21NO6/c1-11-8-15(18(23)17-14(11)9-12(2)28-21(17)27)19(24)22-16(20(25)26)10-13-6-4-3-5-7-13/h3-8,12,16,23H,9-10H2,1-2H3,(H,22,24)(H,25,26). The summed E-state index contributed by atoms with van der Waals surface area (Å²) in [6.07, 6.45) is 0.209. The molecule has 0 saturated heterocycles. The van der Waals surface area contributed by atoms with Crippen LogP contribution in [0.25, 0.3) is 0 Å². The number of aliphatic carboxylic acids is 1. The Morgan fingerprint density at radius 2 is 1.96 bits per heavy atom. The lowest BCUT2D eigenvalue weighted by atomic mass is 9.91. The number of ether oxygens (including phenoxy) is 1. The zero-order chi connectivity index (χ0) is 20.4. The summed E-state index contributed by atoms with van der Waals surface area (Å²) in [7, 11) is 0. The van der Waals surface area contributed by atoms with E-state index in [9.17, 15) is 24.6 Å². The van der Waals surface area contributed by atoms with Gasteiger partial charge in [0.05, 0.1) is 5.56 Å². The fourth-order valence-corrected chi connectivity index (χ4v) is 3.36. The van der Waals surface area contributed by atoms with E-state index >= 15 is 0 Å². The lowest BCUT2D eigenvalue weighted by Gasteiger charge is -2.25. The molecule has 7 nitrogen and oxygen atoms in total. The number of carbonyl (C=O) groups is 3. The smallest absolute Gasteiger partial charge is 0.342 e. The number of cyclic esters (lactones) is 1. The van der Waals surface area contributed by atoms with Crippen LogP contribution in [0.5, 0.6) is 5.75 Å². The highest BCUT2D eigenvalue weighted by molar-refractivity contribution is 6.04. The maximum atomic E-state index is 12.7. The van der Waals surface area contributed by atoms with Gasteiger partial charge in [-0.15, -0.1) is 0 Å². The monoisotopic (exact) mass is 383 g/mol. The molecule has 28 heavy (non-hydrogen) atoms. The first kappa shape index (κ1) is 19.4. The number of phenolic OH excluding ortho intramolecular Hbond substituents is 1. The normalized spacial score (nSPS) is 16.6. The van der Waals surface area contributed by atoms with Gasteiger partial charge in [0.25, 0.3) is 5.91 Å². The number of hydrogen-bond donors (Lipinski definition) is 3. The number of esters is 1. The van der Waals surface area contributed by atoms with E-state index < -0.39 is 29.6 Å². The third-order valence-corrected chi connectivity index (χ3v) is 4.77. The van der Waals surface area contributed by atoms with Crippen LogP contribution in [-0.4, -0.2) is 40.2 Å². The quantitative estimate of drug-likeness (QED) is 0.683. The van der Waals surface area contributed by atoms with Crippen molar-refractivity contribution in [2.45, 2.75) is 38.8 Å². The van der Waals surface area contributed by atoms with Gasteiger partial charge in [-0.05, 0) is 36.6 Å². The molecule has 2 aromatic rings. The van der Waals surface area contributed by atoms with Gasteiger partial charge in [0, 0.05) is 12.8 Å². The number of aryl methyl sites for hydroxylation is 1. The molecule has 2 unspecified atom stereocenters. The van der Waals surface area contributed by atoms with Crippen LogP contribution in [0.3, 0.4) is 0 Å². The molecule has 3 N–H and O–H groups in total. The largest absolute Gasteiger partial charge is 0.506 e. The Bertz CT molecular complexity index is 938. The van der Waals surface area contributed by atoms with Crippen LogP contribution < -0.4 is 5.32 Å². The molecular formula is C21H21NO6. The molecule has 0 aromatic heterocycles. The Hall–Kier alpha value is -3.35. The van der Waals surface area contributed by atoms with E-state index in [4.69, 9.17) is 4.74 Å². The number of carboxylic acid groups (broad SMARTS) is 1. The van der Waals surface area contributed by atoms with Crippen molar-refractivity contribution in [2.75, 3.05) is 0 Å². The molecule has 0 radical (unpaired) electrons. The minimum absolute atomic E-state index is 0.0295. The fraction of sp³-hybridized carbons (Fsp3) is 0.286. The molecule has 0 fully saturated rings. The van der Waals surface area contributed by atoms with Crippen molar-refractivity contribution in [1.29, 1.82) is 0 Å². The lowest BCUT2D eigenvalue weighted by molar-refractivity contribution is -0.139. The van der Waals surface area contributed by atoms with Gasteiger partial charge in [-0.3, -0.25) is 4.79 Å². The summed E-state index contributed by atoms with van der Waals surface area (Å²) >= 11 is 0. The van der Waals surface area contributed by atoms with Gasteiger partial charge < -0.3 is 20.3 Å². The molecule has 0 aliphatic carbocycles. The molecule has 3 rings (SSSR count). The molecule has 7 heteroatoms. The number of amides is 1. The minimum Gasteiger partial charge on any atom is -0.506 e. The van der Waals surface area contributed by atoms with E-state index in [0.717, 1.165) is 5.56 Å². The van der Waals surface area contributed by atoms with Crippen LogP contribution in [0.4, 0.5) is 0 Å². The van der Waals surface area contributed by atoms with Crippen LogP contribution in [0.1, 0.15) is 44.3 Å². The number of nitrogens with one attached hydrogen (secondary N) is 1. The van der Waals surface area contributed by atoms with E-state index in [2.05, 4.69) is 5.32 Å². The van der Waals surface area contributed by atoms with Crippen LogP contribution in [0, 0.1) is 6.92 Å². The third-order valence-electron chi connectivity index (χ3n) is 4.77. The van der Waals surface area contributed by atoms with E-state index in [-0.39, 0.29) is 23.7 Å². The van der Waals surface area contributed by atoms with Crippen LogP contribution in [-0.2, 0) is 22.4 Å². The van der Waals surface area contributed by atoms with Crippen molar-refractivity contribution >= 4 is 17.8 Å². The zero-order valence-corrected chi connectivity index (χ0v) is 15.6. The highest BCUT2D eigenvalue weighted by Crippen LogP contribution is 2.34. The molecule has 0 bridgehead atoms. The summed E-state index contributed by atoms with van der Waals surface area (Å²) in [6.45, 7) is 3.48. The number of fused-ring (bicyclic) bond motifs is 1. The van der Waals surface area contributed by atoms with Crippen LogP contribution >= 0.6 is 0 Å². The van der Waals surface area contributed by atoms with Gasteiger partial charge in [0.2, 0.25) is 0 Å². The average molecular weight is 383 g/mol. The van der Waals surface area contributed by atoms with E-state index in [0.29, 0.717) is 17.5 Å². The summed E-state index contributed by atoms with van der Waals surface area (Å²) in [6, 6.07) is 9.18. The summed E-state index contributed by atoms with van der Waals surface area (Å²) in [5, 5.41) is 22.4. The van der Waals surface area contributed by atoms with Gasteiger partial charge >= 0.3 is 11.9 Å². The van der Waals surface area contributed by atoms with Crippen molar-refractivity contribution in [2.24, 2.45) is 0 Å². The molecule has 0 saturated carbocycles. The number of aromatic hydroxyl groups is 1. The van der Waals surface area contributed by atoms with E-state index in [1.165, 1.54) is 6.07 Å². The van der Waals surface area contributed by atoms with Gasteiger partial charge in [0.1, 0.15) is 23.5 Å².